The van der Waals surface area contributed by atoms with E-state index in [9.17, 15) is 13.2 Å². The molecule has 1 aliphatic rings. The van der Waals surface area contributed by atoms with Crippen LogP contribution in [0.1, 0.15) is 10.4 Å². The van der Waals surface area contributed by atoms with Crippen LogP contribution in [-0.2, 0) is 10.0 Å². The maximum Gasteiger partial charge on any atom is 0.252 e. The molecular weight excluding hydrogens is 392 g/mol. The van der Waals surface area contributed by atoms with Crippen LogP contribution < -0.4 is 19.1 Å². The van der Waals surface area contributed by atoms with Gasteiger partial charge in [-0.05, 0) is 30.3 Å². The van der Waals surface area contributed by atoms with Gasteiger partial charge in [0, 0.05) is 7.05 Å². The first kappa shape index (κ1) is 19.3. The summed E-state index contributed by atoms with van der Waals surface area (Å²) in [6, 6.07) is 11.8. The van der Waals surface area contributed by atoms with E-state index < -0.39 is 10.0 Å². The standard InChI is InChI=1S/C18H19ClN2O5S/c1-21(27(2,23)24)12-7-8-14(15(19)9-12)18(22)20-10-13-11-25-16-5-3-4-6-17(16)26-13/h3-9,13H,10-11H2,1-2H3,(H,20,22). The second-order valence-electron chi connectivity index (χ2n) is 6.10. The normalized spacial score (nSPS) is 15.9. The van der Waals surface area contributed by atoms with E-state index in [1.54, 1.807) is 6.07 Å². The summed E-state index contributed by atoms with van der Waals surface area (Å²) in [5.41, 5.74) is 0.624. The summed E-state index contributed by atoms with van der Waals surface area (Å²) >= 11 is 6.17. The number of carbonyl (C=O) groups excluding carboxylic acids is 1. The molecule has 27 heavy (non-hydrogen) atoms. The Morgan fingerprint density at radius 3 is 2.63 bits per heavy atom. The predicted octanol–water partition coefficient (Wildman–Crippen LogP) is 2.31. The molecular formula is C18H19ClN2O5S. The maximum absolute atomic E-state index is 12.4. The quantitative estimate of drug-likeness (QED) is 0.817. The summed E-state index contributed by atoms with van der Waals surface area (Å²) in [7, 11) is -2.00. The average molecular weight is 411 g/mol. The molecule has 0 fully saturated rings. The molecule has 1 atom stereocenters. The van der Waals surface area contributed by atoms with Crippen LogP contribution in [0, 0.1) is 0 Å². The van der Waals surface area contributed by atoms with Crippen molar-refractivity contribution in [3.8, 4) is 11.5 Å². The lowest BCUT2D eigenvalue weighted by molar-refractivity contribution is 0.0789. The number of ether oxygens (including phenoxy) is 2. The molecule has 1 N–H and O–H groups in total. The van der Waals surface area contributed by atoms with Gasteiger partial charge in [-0.2, -0.15) is 0 Å². The van der Waals surface area contributed by atoms with Crippen molar-refractivity contribution in [2.45, 2.75) is 6.10 Å². The van der Waals surface area contributed by atoms with Crippen LogP contribution in [0.4, 0.5) is 5.69 Å². The third-order valence-electron chi connectivity index (χ3n) is 4.12. The van der Waals surface area contributed by atoms with Crippen molar-refractivity contribution >= 4 is 33.2 Å². The zero-order valence-electron chi connectivity index (χ0n) is 14.8. The topological polar surface area (TPSA) is 84.9 Å². The number of fused-ring (bicyclic) bond motifs is 1. The Balaban J connectivity index is 1.63. The minimum atomic E-state index is -3.41. The number of benzene rings is 2. The fourth-order valence-corrected chi connectivity index (χ4v) is 3.30. The summed E-state index contributed by atoms with van der Waals surface area (Å²) in [5.74, 6) is 0.930. The van der Waals surface area contributed by atoms with Crippen LogP contribution in [0.3, 0.4) is 0 Å². The molecule has 1 aliphatic heterocycles. The Bertz CT molecular complexity index is 964. The van der Waals surface area contributed by atoms with Gasteiger partial charge in [0.05, 0.1) is 29.1 Å². The molecule has 7 nitrogen and oxygen atoms in total. The molecule has 0 aromatic heterocycles. The summed E-state index contributed by atoms with van der Waals surface area (Å²) in [6.45, 7) is 0.567. The Morgan fingerprint density at radius 1 is 1.26 bits per heavy atom. The highest BCUT2D eigenvalue weighted by Gasteiger charge is 2.22. The van der Waals surface area contributed by atoms with Crippen molar-refractivity contribution in [1.82, 2.24) is 5.32 Å². The van der Waals surface area contributed by atoms with Crippen LogP contribution in [0.25, 0.3) is 0 Å². The van der Waals surface area contributed by atoms with E-state index in [1.807, 2.05) is 18.2 Å². The monoisotopic (exact) mass is 410 g/mol. The highest BCUT2D eigenvalue weighted by molar-refractivity contribution is 7.92. The van der Waals surface area contributed by atoms with Gasteiger partial charge in [0.1, 0.15) is 12.7 Å². The van der Waals surface area contributed by atoms with Crippen molar-refractivity contribution in [1.29, 1.82) is 0 Å². The molecule has 2 aromatic rings. The lowest BCUT2D eigenvalue weighted by atomic mass is 10.2. The number of amides is 1. The number of carbonyl (C=O) groups is 1. The lowest BCUT2D eigenvalue weighted by Crippen LogP contribution is -2.40. The number of nitrogens with zero attached hydrogens (tertiary/aromatic N) is 1. The van der Waals surface area contributed by atoms with Crippen LogP contribution in [0.15, 0.2) is 42.5 Å². The van der Waals surface area contributed by atoms with E-state index in [0.29, 0.717) is 23.8 Å². The van der Waals surface area contributed by atoms with Crippen LogP contribution in [-0.4, -0.2) is 46.9 Å². The van der Waals surface area contributed by atoms with E-state index in [4.69, 9.17) is 21.1 Å². The smallest absolute Gasteiger partial charge is 0.252 e. The van der Waals surface area contributed by atoms with Gasteiger partial charge in [-0.3, -0.25) is 9.10 Å². The third kappa shape index (κ3) is 4.45. The van der Waals surface area contributed by atoms with E-state index in [0.717, 1.165) is 10.6 Å². The highest BCUT2D eigenvalue weighted by Crippen LogP contribution is 2.30. The maximum atomic E-state index is 12.4. The largest absolute Gasteiger partial charge is 0.486 e. The molecule has 1 amide bonds. The minimum absolute atomic E-state index is 0.159. The van der Waals surface area contributed by atoms with Gasteiger partial charge < -0.3 is 14.8 Å². The Labute approximate surface area is 162 Å². The number of hydrogen-bond donors (Lipinski definition) is 1. The Hall–Kier alpha value is -2.45. The summed E-state index contributed by atoms with van der Waals surface area (Å²) < 4.78 is 35.7. The number of nitrogens with one attached hydrogen (secondary N) is 1. The molecule has 9 heteroatoms. The number of para-hydroxylation sites is 2. The third-order valence-corrected chi connectivity index (χ3v) is 5.63. The summed E-state index contributed by atoms with van der Waals surface area (Å²) in [6.07, 6.45) is 0.768. The van der Waals surface area contributed by atoms with Gasteiger partial charge >= 0.3 is 0 Å². The number of halogens is 1. The first-order chi connectivity index (χ1) is 12.8. The van der Waals surface area contributed by atoms with Gasteiger partial charge in [-0.1, -0.05) is 23.7 Å². The first-order valence-electron chi connectivity index (χ1n) is 8.16. The van der Waals surface area contributed by atoms with E-state index in [1.165, 1.54) is 25.2 Å². The molecule has 144 valence electrons. The molecule has 2 aromatic carbocycles. The van der Waals surface area contributed by atoms with Crippen LogP contribution >= 0.6 is 11.6 Å². The molecule has 0 saturated carbocycles. The summed E-state index contributed by atoms with van der Waals surface area (Å²) in [5, 5.41) is 2.92. The average Bonchev–Trinajstić information content (AvgIpc) is 2.64. The number of rotatable bonds is 5. The highest BCUT2D eigenvalue weighted by atomic mass is 35.5. The van der Waals surface area contributed by atoms with E-state index in [2.05, 4.69) is 5.32 Å². The van der Waals surface area contributed by atoms with Gasteiger partial charge in [-0.15, -0.1) is 0 Å². The van der Waals surface area contributed by atoms with Crippen molar-refractivity contribution in [2.75, 3.05) is 30.8 Å². The van der Waals surface area contributed by atoms with Crippen molar-refractivity contribution in [3.05, 3.63) is 53.1 Å². The van der Waals surface area contributed by atoms with E-state index in [-0.39, 0.29) is 29.1 Å². The molecule has 0 spiro atoms. The molecule has 0 radical (unpaired) electrons. The number of hydrogen-bond acceptors (Lipinski definition) is 5. The van der Waals surface area contributed by atoms with Gasteiger partial charge in [0.25, 0.3) is 5.91 Å². The molecule has 1 heterocycles. The van der Waals surface area contributed by atoms with Crippen LogP contribution in [0.5, 0.6) is 11.5 Å². The second kappa shape index (κ2) is 7.66. The van der Waals surface area contributed by atoms with Gasteiger partial charge in [0.2, 0.25) is 10.0 Å². The van der Waals surface area contributed by atoms with Crippen LogP contribution in [0.2, 0.25) is 5.02 Å². The van der Waals surface area contributed by atoms with Crippen molar-refractivity contribution in [2.24, 2.45) is 0 Å². The zero-order chi connectivity index (χ0) is 19.6. The molecule has 3 rings (SSSR count). The zero-order valence-corrected chi connectivity index (χ0v) is 16.4. The SMILES string of the molecule is CN(c1ccc(C(=O)NCC2COc3ccccc3O2)c(Cl)c1)S(C)(=O)=O. The van der Waals surface area contributed by atoms with Crippen molar-refractivity contribution < 1.29 is 22.7 Å². The van der Waals surface area contributed by atoms with Crippen molar-refractivity contribution in [3.63, 3.8) is 0 Å². The lowest BCUT2D eigenvalue weighted by Gasteiger charge is -2.26. The predicted molar refractivity (Wildman–Crippen MR) is 103 cm³/mol. The van der Waals surface area contributed by atoms with Gasteiger partial charge in [0.15, 0.2) is 11.5 Å². The molecule has 0 saturated heterocycles. The number of sulfonamides is 1. The number of anilines is 1. The van der Waals surface area contributed by atoms with E-state index >= 15 is 0 Å². The second-order valence-corrected chi connectivity index (χ2v) is 8.52. The Kier molecular flexibility index (Phi) is 5.48. The molecule has 1 unspecified atom stereocenters. The van der Waals surface area contributed by atoms with Gasteiger partial charge in [-0.25, -0.2) is 8.42 Å². The molecule has 0 aliphatic carbocycles. The first-order valence-corrected chi connectivity index (χ1v) is 10.4. The fourth-order valence-electron chi connectivity index (χ4n) is 2.54. The minimum Gasteiger partial charge on any atom is -0.486 e. The Morgan fingerprint density at radius 2 is 1.96 bits per heavy atom. The summed E-state index contributed by atoms with van der Waals surface area (Å²) in [4.78, 5) is 12.4. The fraction of sp³-hybridized carbons (Fsp3) is 0.278. The molecule has 0 bridgehead atoms.